The average Bonchev–Trinajstić information content (AvgIpc) is 2.31. The van der Waals surface area contributed by atoms with Gasteiger partial charge in [0.05, 0.1) is 12.7 Å². The second-order valence-corrected chi connectivity index (χ2v) is 4.69. The quantitative estimate of drug-likeness (QED) is 0.812. The largest absolute Gasteiger partial charge is 0.493 e. The van der Waals surface area contributed by atoms with Crippen LogP contribution in [0.3, 0.4) is 0 Å². The van der Waals surface area contributed by atoms with E-state index in [1.807, 2.05) is 25.1 Å². The highest BCUT2D eigenvalue weighted by atomic mass is 16.5. The molecule has 0 radical (unpaired) electrons. The number of hydrogen-bond donors (Lipinski definition) is 1. The second kappa shape index (κ2) is 6.65. The first-order valence-electron chi connectivity index (χ1n) is 6.49. The van der Waals surface area contributed by atoms with Crippen LogP contribution in [0.15, 0.2) is 18.2 Å². The lowest BCUT2D eigenvalue weighted by Gasteiger charge is -2.16. The van der Waals surface area contributed by atoms with Gasteiger partial charge in [-0.3, -0.25) is 0 Å². The number of aryl methyl sites for hydroxylation is 1. The Hall–Kier alpha value is -1.02. The molecule has 2 nitrogen and oxygen atoms in total. The van der Waals surface area contributed by atoms with Crippen LogP contribution in [0.2, 0.25) is 0 Å². The van der Waals surface area contributed by atoms with Gasteiger partial charge in [-0.15, -0.1) is 0 Å². The summed E-state index contributed by atoms with van der Waals surface area (Å²) in [4.78, 5) is 0. The van der Waals surface area contributed by atoms with Crippen molar-refractivity contribution in [3.63, 3.8) is 0 Å². The zero-order chi connectivity index (χ0) is 12.8. The van der Waals surface area contributed by atoms with Gasteiger partial charge in [0.1, 0.15) is 5.75 Å². The standard InChI is InChI=1S/C15H24O2/c1-5-13(6-2)10-17-15-8-7-14(12(4)16)9-11(15)3/h7-9,12-13,16H,5-6,10H2,1-4H3/t12-/m0/s1. The molecule has 1 atom stereocenters. The summed E-state index contributed by atoms with van der Waals surface area (Å²) in [5.74, 6) is 1.56. The smallest absolute Gasteiger partial charge is 0.122 e. The van der Waals surface area contributed by atoms with Gasteiger partial charge in [-0.25, -0.2) is 0 Å². The van der Waals surface area contributed by atoms with Crippen LogP contribution in [0.1, 0.15) is 50.8 Å². The minimum absolute atomic E-state index is 0.415. The molecule has 0 aliphatic rings. The predicted molar refractivity (Wildman–Crippen MR) is 71.4 cm³/mol. The van der Waals surface area contributed by atoms with E-state index < -0.39 is 6.10 Å². The molecule has 0 bridgehead atoms. The SMILES string of the molecule is CCC(CC)COc1ccc([C@H](C)O)cc1C. The predicted octanol–water partition coefficient (Wildman–Crippen LogP) is 3.86. The maximum absolute atomic E-state index is 9.49. The Morgan fingerprint density at radius 1 is 1.24 bits per heavy atom. The first-order chi connectivity index (χ1) is 8.08. The Morgan fingerprint density at radius 2 is 1.88 bits per heavy atom. The van der Waals surface area contributed by atoms with Crippen LogP contribution in [0.5, 0.6) is 5.75 Å². The normalized spacial score (nSPS) is 12.8. The summed E-state index contributed by atoms with van der Waals surface area (Å²) in [5.41, 5.74) is 2.03. The number of rotatable bonds is 6. The summed E-state index contributed by atoms with van der Waals surface area (Å²) in [7, 11) is 0. The fourth-order valence-corrected chi connectivity index (χ4v) is 1.83. The summed E-state index contributed by atoms with van der Waals surface area (Å²) < 4.78 is 5.83. The second-order valence-electron chi connectivity index (χ2n) is 4.69. The topological polar surface area (TPSA) is 29.5 Å². The van der Waals surface area contributed by atoms with Crippen molar-refractivity contribution in [1.29, 1.82) is 0 Å². The highest BCUT2D eigenvalue weighted by Crippen LogP contribution is 2.23. The summed E-state index contributed by atoms with van der Waals surface area (Å²) >= 11 is 0. The Bertz CT molecular complexity index is 341. The Kier molecular flexibility index (Phi) is 5.49. The lowest BCUT2D eigenvalue weighted by molar-refractivity contribution is 0.198. The van der Waals surface area contributed by atoms with E-state index >= 15 is 0 Å². The van der Waals surface area contributed by atoms with Crippen molar-refractivity contribution < 1.29 is 9.84 Å². The molecule has 0 spiro atoms. The van der Waals surface area contributed by atoms with Gasteiger partial charge in [0.25, 0.3) is 0 Å². The fourth-order valence-electron chi connectivity index (χ4n) is 1.83. The molecule has 0 saturated carbocycles. The van der Waals surface area contributed by atoms with Gasteiger partial charge in [0.15, 0.2) is 0 Å². The van der Waals surface area contributed by atoms with E-state index in [-0.39, 0.29) is 0 Å². The molecule has 0 aliphatic heterocycles. The third-order valence-electron chi connectivity index (χ3n) is 3.31. The molecule has 0 amide bonds. The maximum atomic E-state index is 9.49. The van der Waals surface area contributed by atoms with Crippen molar-refractivity contribution in [2.75, 3.05) is 6.61 Å². The maximum Gasteiger partial charge on any atom is 0.122 e. The summed E-state index contributed by atoms with van der Waals surface area (Å²) in [5, 5.41) is 9.49. The molecular formula is C15H24O2. The van der Waals surface area contributed by atoms with Gasteiger partial charge in [0.2, 0.25) is 0 Å². The van der Waals surface area contributed by atoms with Crippen LogP contribution in [0.25, 0.3) is 0 Å². The molecule has 17 heavy (non-hydrogen) atoms. The molecule has 1 N–H and O–H groups in total. The van der Waals surface area contributed by atoms with Crippen LogP contribution < -0.4 is 4.74 Å². The molecule has 2 heteroatoms. The van der Waals surface area contributed by atoms with E-state index in [2.05, 4.69) is 13.8 Å². The first-order valence-corrected chi connectivity index (χ1v) is 6.49. The van der Waals surface area contributed by atoms with Crippen molar-refractivity contribution >= 4 is 0 Å². The van der Waals surface area contributed by atoms with Gasteiger partial charge in [-0.1, -0.05) is 32.8 Å². The van der Waals surface area contributed by atoms with Crippen molar-refractivity contribution in [1.82, 2.24) is 0 Å². The molecule has 0 fully saturated rings. The highest BCUT2D eigenvalue weighted by molar-refractivity contribution is 5.36. The Labute approximate surface area is 105 Å². The molecule has 0 unspecified atom stereocenters. The lowest BCUT2D eigenvalue weighted by atomic mass is 10.0. The van der Waals surface area contributed by atoms with E-state index in [1.165, 1.54) is 0 Å². The van der Waals surface area contributed by atoms with Crippen LogP contribution >= 0.6 is 0 Å². The van der Waals surface area contributed by atoms with E-state index in [9.17, 15) is 5.11 Å². The van der Waals surface area contributed by atoms with Crippen molar-refractivity contribution in [2.45, 2.75) is 46.6 Å². The van der Waals surface area contributed by atoms with E-state index in [0.29, 0.717) is 5.92 Å². The molecule has 0 saturated heterocycles. The lowest BCUT2D eigenvalue weighted by Crippen LogP contribution is -2.10. The van der Waals surface area contributed by atoms with Gasteiger partial charge in [-0.2, -0.15) is 0 Å². The minimum atomic E-state index is -0.415. The van der Waals surface area contributed by atoms with Crippen LogP contribution in [0, 0.1) is 12.8 Å². The monoisotopic (exact) mass is 236 g/mol. The average molecular weight is 236 g/mol. The number of benzene rings is 1. The van der Waals surface area contributed by atoms with E-state index in [0.717, 1.165) is 36.3 Å². The van der Waals surface area contributed by atoms with Crippen LogP contribution in [-0.4, -0.2) is 11.7 Å². The molecule has 1 aromatic rings. The summed E-state index contributed by atoms with van der Waals surface area (Å²) in [6.45, 7) is 8.97. The third-order valence-corrected chi connectivity index (χ3v) is 3.31. The van der Waals surface area contributed by atoms with Gasteiger partial charge < -0.3 is 9.84 Å². The number of ether oxygens (including phenoxy) is 1. The molecule has 1 rings (SSSR count). The number of hydrogen-bond acceptors (Lipinski definition) is 2. The zero-order valence-electron chi connectivity index (χ0n) is 11.4. The first kappa shape index (κ1) is 14.0. The number of aliphatic hydroxyl groups excluding tert-OH is 1. The highest BCUT2D eigenvalue weighted by Gasteiger charge is 2.08. The minimum Gasteiger partial charge on any atom is -0.493 e. The Morgan fingerprint density at radius 3 is 2.35 bits per heavy atom. The van der Waals surface area contributed by atoms with Crippen molar-refractivity contribution in [3.05, 3.63) is 29.3 Å². The number of aliphatic hydroxyl groups is 1. The van der Waals surface area contributed by atoms with Crippen LogP contribution in [0.4, 0.5) is 0 Å². The summed E-state index contributed by atoms with van der Waals surface area (Å²) in [6.07, 6.45) is 1.89. The van der Waals surface area contributed by atoms with E-state index in [1.54, 1.807) is 6.92 Å². The van der Waals surface area contributed by atoms with Gasteiger partial charge in [0, 0.05) is 0 Å². The molecule has 0 heterocycles. The van der Waals surface area contributed by atoms with Crippen LogP contribution in [-0.2, 0) is 0 Å². The molecular weight excluding hydrogens is 212 g/mol. The Balaban J connectivity index is 2.66. The van der Waals surface area contributed by atoms with Crippen molar-refractivity contribution in [3.8, 4) is 5.75 Å². The molecule has 1 aromatic carbocycles. The summed E-state index contributed by atoms with van der Waals surface area (Å²) in [6, 6.07) is 5.88. The van der Waals surface area contributed by atoms with Gasteiger partial charge in [-0.05, 0) is 43.0 Å². The third kappa shape index (κ3) is 4.04. The molecule has 0 aliphatic carbocycles. The van der Waals surface area contributed by atoms with E-state index in [4.69, 9.17) is 4.74 Å². The molecule has 0 aromatic heterocycles. The molecule has 96 valence electrons. The zero-order valence-corrected chi connectivity index (χ0v) is 11.4. The van der Waals surface area contributed by atoms with Gasteiger partial charge >= 0.3 is 0 Å². The van der Waals surface area contributed by atoms with Crippen molar-refractivity contribution in [2.24, 2.45) is 5.92 Å². The fraction of sp³-hybridized carbons (Fsp3) is 0.600.